The number of hydrogen-bond acceptors (Lipinski definition) is 7. The number of nitrogens with zero attached hydrogens (tertiary/aromatic N) is 1. The maximum atomic E-state index is 13.2. The van der Waals surface area contributed by atoms with Gasteiger partial charge in [-0.3, -0.25) is 4.79 Å². The van der Waals surface area contributed by atoms with E-state index in [1.54, 1.807) is 57.7 Å². The van der Waals surface area contributed by atoms with Gasteiger partial charge in [-0.15, -0.1) is 0 Å². The van der Waals surface area contributed by atoms with Crippen LogP contribution in [0.1, 0.15) is 46.1 Å². The van der Waals surface area contributed by atoms with Crippen molar-refractivity contribution >= 4 is 41.1 Å². The van der Waals surface area contributed by atoms with Gasteiger partial charge in [-0.2, -0.15) is 0 Å². The fraction of sp³-hybridized carbons (Fsp3) is 0.435. The van der Waals surface area contributed by atoms with Crippen LogP contribution in [0.4, 0.5) is 0 Å². The Balaban J connectivity index is 2.58. The van der Waals surface area contributed by atoms with Crippen LogP contribution in [0.3, 0.4) is 0 Å². The van der Waals surface area contributed by atoms with E-state index in [1.807, 2.05) is 0 Å². The normalized spacial score (nSPS) is 16.7. The number of carbonyl (C=O) groups excluding carboxylic acids is 2. The molecule has 2 rings (SSSR count). The van der Waals surface area contributed by atoms with Crippen LogP contribution in [-0.4, -0.2) is 48.5 Å². The van der Waals surface area contributed by atoms with Gasteiger partial charge in [0.05, 0.1) is 32.5 Å². The largest absolute Gasteiger partial charge is 0.478 e. The Kier molecular flexibility index (Phi) is 8.57. The van der Waals surface area contributed by atoms with E-state index in [2.05, 4.69) is 0 Å². The van der Waals surface area contributed by atoms with Gasteiger partial charge < -0.3 is 24.2 Å². The van der Waals surface area contributed by atoms with Crippen LogP contribution >= 0.6 is 23.2 Å². The lowest BCUT2D eigenvalue weighted by molar-refractivity contribution is -0.171. The topological polar surface area (TPSA) is 102 Å². The van der Waals surface area contributed by atoms with Crippen molar-refractivity contribution in [3.63, 3.8) is 0 Å². The second-order valence-electron chi connectivity index (χ2n) is 8.46. The van der Waals surface area contributed by atoms with Crippen LogP contribution < -0.4 is 0 Å². The molecule has 0 aliphatic carbocycles. The number of methoxy groups -OCH3 is 1. The first-order chi connectivity index (χ1) is 15.3. The summed E-state index contributed by atoms with van der Waals surface area (Å²) in [6.45, 7) is 7.62. The van der Waals surface area contributed by atoms with Crippen molar-refractivity contribution < 1.29 is 33.7 Å². The van der Waals surface area contributed by atoms with Crippen LogP contribution in [0, 0.1) is 5.41 Å². The number of esters is 2. The molecule has 0 bridgehead atoms. The number of carboxylic acid groups (broad SMARTS) is 1. The number of benzene rings is 1. The maximum absolute atomic E-state index is 13.2. The minimum absolute atomic E-state index is 0.000233. The summed E-state index contributed by atoms with van der Waals surface area (Å²) in [7, 11) is 1.45. The van der Waals surface area contributed by atoms with E-state index in [0.717, 1.165) is 0 Å². The molecule has 8 nitrogen and oxygen atoms in total. The predicted octanol–water partition coefficient (Wildman–Crippen LogP) is 4.72. The summed E-state index contributed by atoms with van der Waals surface area (Å²) in [5.41, 5.74) is 0.267. The number of aliphatic carboxylic acids is 1. The van der Waals surface area contributed by atoms with Gasteiger partial charge in [0, 0.05) is 18.5 Å². The van der Waals surface area contributed by atoms with Crippen molar-refractivity contribution in [3.05, 3.63) is 56.3 Å². The minimum atomic E-state index is -1.24. The standard InChI is InChI=1S/C23H27Cl2NO7/c1-12-16(20(27)28)18(14-8-7-9-15(24)19(14)25)17(13(2)26(12)10-31-6)21(29)32-11-33-22(30)23(3,4)5/h7-9,18H,10-11H2,1-6H3,(H,27,28). The monoisotopic (exact) mass is 499 g/mol. The minimum Gasteiger partial charge on any atom is -0.478 e. The van der Waals surface area contributed by atoms with Gasteiger partial charge in [0.1, 0.15) is 6.73 Å². The smallest absolute Gasteiger partial charge is 0.339 e. The summed E-state index contributed by atoms with van der Waals surface area (Å²) in [6.07, 6.45) is 0. The lowest BCUT2D eigenvalue weighted by atomic mass is 9.80. The number of carbonyl (C=O) groups is 3. The van der Waals surface area contributed by atoms with E-state index in [9.17, 15) is 19.5 Å². The number of carboxylic acids is 1. The second-order valence-corrected chi connectivity index (χ2v) is 9.24. The zero-order valence-corrected chi connectivity index (χ0v) is 20.8. The molecule has 33 heavy (non-hydrogen) atoms. The van der Waals surface area contributed by atoms with Crippen molar-refractivity contribution in [2.24, 2.45) is 5.41 Å². The number of ether oxygens (including phenoxy) is 3. The first-order valence-corrected chi connectivity index (χ1v) is 10.8. The highest BCUT2D eigenvalue weighted by atomic mass is 35.5. The molecular weight excluding hydrogens is 473 g/mol. The van der Waals surface area contributed by atoms with E-state index in [0.29, 0.717) is 17.0 Å². The highest BCUT2D eigenvalue weighted by Crippen LogP contribution is 2.45. The zero-order chi connectivity index (χ0) is 25.1. The second kappa shape index (κ2) is 10.6. The highest BCUT2D eigenvalue weighted by molar-refractivity contribution is 6.42. The third-order valence-corrected chi connectivity index (χ3v) is 5.99. The summed E-state index contributed by atoms with van der Waals surface area (Å²) < 4.78 is 15.5. The van der Waals surface area contributed by atoms with Crippen molar-refractivity contribution in [1.29, 1.82) is 0 Å². The molecule has 0 amide bonds. The van der Waals surface area contributed by atoms with Crippen LogP contribution in [0.5, 0.6) is 0 Å². The molecule has 10 heteroatoms. The first kappa shape index (κ1) is 26.7. The Morgan fingerprint density at radius 2 is 1.67 bits per heavy atom. The summed E-state index contributed by atoms with van der Waals surface area (Å²) in [4.78, 5) is 39.1. The summed E-state index contributed by atoms with van der Waals surface area (Å²) in [5.74, 6) is -3.73. The SMILES string of the molecule is COCN1C(C)=C(C(=O)O)C(c2cccc(Cl)c2Cl)C(C(=O)OCOC(=O)C(C)(C)C)=C1C. The van der Waals surface area contributed by atoms with Crippen molar-refractivity contribution in [2.75, 3.05) is 20.6 Å². The zero-order valence-electron chi connectivity index (χ0n) is 19.3. The molecule has 180 valence electrons. The van der Waals surface area contributed by atoms with E-state index in [4.69, 9.17) is 37.4 Å². The van der Waals surface area contributed by atoms with E-state index >= 15 is 0 Å². The fourth-order valence-electron chi connectivity index (χ4n) is 3.46. The Morgan fingerprint density at radius 3 is 2.21 bits per heavy atom. The lowest BCUT2D eigenvalue weighted by Crippen LogP contribution is -2.36. The molecule has 1 aliphatic heterocycles. The molecule has 0 spiro atoms. The molecule has 1 N–H and O–H groups in total. The Hall–Kier alpha value is -2.55. The van der Waals surface area contributed by atoms with Gasteiger partial charge in [0.25, 0.3) is 0 Å². The van der Waals surface area contributed by atoms with E-state index in [1.165, 1.54) is 7.11 Å². The molecule has 1 aliphatic rings. The fourth-order valence-corrected chi connectivity index (χ4v) is 3.87. The Morgan fingerprint density at radius 1 is 1.06 bits per heavy atom. The molecule has 0 saturated heterocycles. The van der Waals surface area contributed by atoms with Gasteiger partial charge in [-0.1, -0.05) is 35.3 Å². The Bertz CT molecular complexity index is 1020. The molecule has 0 saturated carbocycles. The number of rotatable bonds is 7. The van der Waals surface area contributed by atoms with Gasteiger partial charge in [-0.05, 0) is 46.2 Å². The van der Waals surface area contributed by atoms with Gasteiger partial charge >= 0.3 is 17.9 Å². The van der Waals surface area contributed by atoms with Gasteiger partial charge in [-0.25, -0.2) is 9.59 Å². The predicted molar refractivity (Wildman–Crippen MR) is 122 cm³/mol. The summed E-state index contributed by atoms with van der Waals surface area (Å²) >= 11 is 12.6. The summed E-state index contributed by atoms with van der Waals surface area (Å²) in [5, 5.41) is 10.4. The van der Waals surface area contributed by atoms with Crippen LogP contribution in [0.2, 0.25) is 10.0 Å². The van der Waals surface area contributed by atoms with Crippen LogP contribution in [0.15, 0.2) is 40.7 Å². The molecule has 0 aromatic heterocycles. The van der Waals surface area contributed by atoms with Crippen LogP contribution in [-0.2, 0) is 28.6 Å². The average Bonchev–Trinajstić information content (AvgIpc) is 2.71. The molecule has 0 radical (unpaired) electrons. The molecule has 1 heterocycles. The molecule has 0 fully saturated rings. The molecule has 1 aromatic carbocycles. The Labute approximate surface area is 202 Å². The maximum Gasteiger partial charge on any atom is 0.339 e. The number of allylic oxidation sites excluding steroid dienone is 2. The number of hydrogen-bond donors (Lipinski definition) is 1. The summed E-state index contributed by atoms with van der Waals surface area (Å²) in [6, 6.07) is 4.77. The van der Waals surface area contributed by atoms with Gasteiger partial charge in [0.2, 0.25) is 6.79 Å². The quantitative estimate of drug-likeness (QED) is 0.424. The first-order valence-electron chi connectivity index (χ1n) is 10.0. The average molecular weight is 500 g/mol. The third-order valence-electron chi connectivity index (χ3n) is 5.16. The van der Waals surface area contributed by atoms with Crippen molar-refractivity contribution in [1.82, 2.24) is 4.90 Å². The highest BCUT2D eigenvalue weighted by Gasteiger charge is 2.41. The lowest BCUT2D eigenvalue weighted by Gasteiger charge is -2.37. The third kappa shape index (κ3) is 5.69. The molecular formula is C23H27Cl2NO7. The molecule has 1 unspecified atom stereocenters. The van der Waals surface area contributed by atoms with E-state index < -0.39 is 36.0 Å². The molecule has 1 atom stereocenters. The van der Waals surface area contributed by atoms with Crippen LogP contribution in [0.25, 0.3) is 0 Å². The van der Waals surface area contributed by atoms with Gasteiger partial charge in [0.15, 0.2) is 0 Å². The number of halogens is 2. The molecule has 1 aromatic rings. The van der Waals surface area contributed by atoms with E-state index in [-0.39, 0.29) is 27.9 Å². The van der Waals surface area contributed by atoms with Crippen molar-refractivity contribution in [2.45, 2.75) is 40.5 Å². The van der Waals surface area contributed by atoms with Crippen molar-refractivity contribution in [3.8, 4) is 0 Å².